The number of hydrogen-bond acceptors (Lipinski definition) is 3. The summed E-state index contributed by atoms with van der Waals surface area (Å²) in [6.45, 7) is 2.63. The Bertz CT molecular complexity index is 453. The molecule has 0 spiro atoms. The van der Waals surface area contributed by atoms with Crippen molar-refractivity contribution in [3.05, 3.63) is 23.9 Å². The van der Waals surface area contributed by atoms with E-state index < -0.39 is 0 Å². The van der Waals surface area contributed by atoms with Gasteiger partial charge in [-0.15, -0.1) is 0 Å². The van der Waals surface area contributed by atoms with E-state index in [0.29, 0.717) is 12.4 Å². The van der Waals surface area contributed by atoms with Gasteiger partial charge in [-0.25, -0.2) is 4.98 Å². The quantitative estimate of drug-likeness (QED) is 0.842. The molecular weight excluding hydrogens is 262 g/mol. The van der Waals surface area contributed by atoms with Crippen molar-refractivity contribution in [3.63, 3.8) is 0 Å². The van der Waals surface area contributed by atoms with Crippen LogP contribution in [0.5, 0.6) is 0 Å². The molecule has 1 amide bonds. The van der Waals surface area contributed by atoms with E-state index in [0.717, 1.165) is 24.3 Å². The van der Waals surface area contributed by atoms with Crippen molar-refractivity contribution < 1.29 is 4.79 Å². The van der Waals surface area contributed by atoms with Crippen molar-refractivity contribution in [2.45, 2.75) is 58.4 Å². The lowest BCUT2D eigenvalue weighted by Gasteiger charge is -2.27. The average Bonchev–Trinajstić information content (AvgIpc) is 2.54. The molecule has 1 heterocycles. The lowest BCUT2D eigenvalue weighted by Crippen LogP contribution is -2.28. The van der Waals surface area contributed by atoms with Gasteiger partial charge in [-0.05, 0) is 37.7 Å². The predicted molar refractivity (Wildman–Crippen MR) is 85.7 cm³/mol. The summed E-state index contributed by atoms with van der Waals surface area (Å²) in [5.74, 6) is 1.69. The molecule has 0 bridgehead atoms. The van der Waals surface area contributed by atoms with E-state index in [1.54, 1.807) is 6.20 Å². The van der Waals surface area contributed by atoms with Gasteiger partial charge < -0.3 is 11.1 Å². The van der Waals surface area contributed by atoms with E-state index >= 15 is 0 Å². The Morgan fingerprint density at radius 1 is 1.38 bits per heavy atom. The highest BCUT2D eigenvalue weighted by atomic mass is 16.1. The highest BCUT2D eigenvalue weighted by Gasteiger charge is 2.26. The van der Waals surface area contributed by atoms with Gasteiger partial charge in [-0.1, -0.05) is 32.3 Å². The van der Waals surface area contributed by atoms with Crippen LogP contribution in [-0.4, -0.2) is 10.9 Å². The Kier molecular flexibility index (Phi) is 6.18. The molecule has 116 valence electrons. The fraction of sp³-hybridized carbons (Fsp3) is 0.647. The standard InChI is InChI=1S/C17H27N3O/c1-2-3-5-13-7-9-14(10-8-13)17(21)20-16-15(12-18)6-4-11-19-16/h4,6,11,13-14H,2-3,5,7-10,12,18H2,1H3,(H,19,20,21). The van der Waals surface area contributed by atoms with E-state index in [4.69, 9.17) is 5.73 Å². The molecule has 0 aliphatic heterocycles. The van der Waals surface area contributed by atoms with E-state index in [1.807, 2.05) is 12.1 Å². The van der Waals surface area contributed by atoms with Gasteiger partial charge >= 0.3 is 0 Å². The van der Waals surface area contributed by atoms with Gasteiger partial charge in [0.2, 0.25) is 5.91 Å². The molecule has 1 aromatic rings. The lowest BCUT2D eigenvalue weighted by atomic mass is 9.79. The number of carbonyl (C=O) groups excluding carboxylic acids is 1. The summed E-state index contributed by atoms with van der Waals surface area (Å²) >= 11 is 0. The van der Waals surface area contributed by atoms with E-state index in [-0.39, 0.29) is 11.8 Å². The van der Waals surface area contributed by atoms with E-state index in [2.05, 4.69) is 17.2 Å². The second-order valence-electron chi connectivity index (χ2n) is 6.06. The number of unbranched alkanes of at least 4 members (excludes halogenated alkanes) is 1. The number of pyridine rings is 1. The zero-order valence-corrected chi connectivity index (χ0v) is 13.0. The molecule has 1 aliphatic carbocycles. The fourth-order valence-electron chi connectivity index (χ4n) is 3.14. The maximum Gasteiger partial charge on any atom is 0.228 e. The number of carbonyl (C=O) groups is 1. The highest BCUT2D eigenvalue weighted by Crippen LogP contribution is 2.32. The first-order chi connectivity index (χ1) is 10.2. The number of amides is 1. The van der Waals surface area contributed by atoms with Crippen LogP contribution in [0, 0.1) is 11.8 Å². The minimum atomic E-state index is 0.109. The third-order valence-electron chi connectivity index (χ3n) is 4.54. The van der Waals surface area contributed by atoms with Crippen LogP contribution in [0.15, 0.2) is 18.3 Å². The van der Waals surface area contributed by atoms with Crippen LogP contribution in [0.25, 0.3) is 0 Å². The molecule has 1 fully saturated rings. The van der Waals surface area contributed by atoms with Gasteiger partial charge in [-0.2, -0.15) is 0 Å². The number of aromatic nitrogens is 1. The monoisotopic (exact) mass is 289 g/mol. The van der Waals surface area contributed by atoms with Crippen LogP contribution in [0.2, 0.25) is 0 Å². The molecule has 1 aliphatic rings. The Morgan fingerprint density at radius 2 is 2.14 bits per heavy atom. The molecule has 4 heteroatoms. The number of nitrogens with zero attached hydrogens (tertiary/aromatic N) is 1. The van der Waals surface area contributed by atoms with Gasteiger partial charge in [0.05, 0.1) is 0 Å². The normalized spacial score (nSPS) is 22.0. The van der Waals surface area contributed by atoms with Gasteiger partial charge in [0.25, 0.3) is 0 Å². The van der Waals surface area contributed by atoms with Crippen molar-refractivity contribution in [3.8, 4) is 0 Å². The summed E-state index contributed by atoms with van der Waals surface area (Å²) in [4.78, 5) is 16.6. The molecule has 4 nitrogen and oxygen atoms in total. The van der Waals surface area contributed by atoms with Crippen LogP contribution in [0.1, 0.15) is 57.4 Å². The summed E-state index contributed by atoms with van der Waals surface area (Å²) in [5, 5.41) is 2.96. The molecule has 0 aromatic carbocycles. The number of rotatable bonds is 6. The summed E-state index contributed by atoms with van der Waals surface area (Å²) < 4.78 is 0. The predicted octanol–water partition coefficient (Wildman–Crippen LogP) is 3.48. The first kappa shape index (κ1) is 16.0. The highest BCUT2D eigenvalue weighted by molar-refractivity contribution is 5.92. The van der Waals surface area contributed by atoms with Crippen LogP contribution in [0.3, 0.4) is 0 Å². The zero-order chi connectivity index (χ0) is 15.1. The average molecular weight is 289 g/mol. The summed E-state index contributed by atoms with van der Waals surface area (Å²) in [7, 11) is 0. The van der Waals surface area contributed by atoms with Crippen LogP contribution < -0.4 is 11.1 Å². The van der Waals surface area contributed by atoms with Crippen molar-refractivity contribution in [1.82, 2.24) is 4.98 Å². The molecule has 0 atom stereocenters. The maximum absolute atomic E-state index is 12.4. The first-order valence-corrected chi connectivity index (χ1v) is 8.19. The summed E-state index contributed by atoms with van der Waals surface area (Å²) in [6, 6.07) is 3.75. The van der Waals surface area contributed by atoms with E-state index in [1.165, 1.54) is 32.1 Å². The smallest absolute Gasteiger partial charge is 0.228 e. The minimum Gasteiger partial charge on any atom is -0.326 e. The minimum absolute atomic E-state index is 0.109. The van der Waals surface area contributed by atoms with Crippen molar-refractivity contribution in [2.75, 3.05) is 5.32 Å². The molecule has 0 saturated heterocycles. The molecule has 1 aromatic heterocycles. The van der Waals surface area contributed by atoms with Crippen LogP contribution in [0.4, 0.5) is 5.82 Å². The Balaban J connectivity index is 1.85. The maximum atomic E-state index is 12.4. The van der Waals surface area contributed by atoms with Gasteiger partial charge in [0.1, 0.15) is 5.82 Å². The van der Waals surface area contributed by atoms with Gasteiger partial charge in [0.15, 0.2) is 0 Å². The molecule has 2 rings (SSSR count). The van der Waals surface area contributed by atoms with Gasteiger partial charge in [-0.3, -0.25) is 4.79 Å². The largest absolute Gasteiger partial charge is 0.326 e. The molecule has 3 N–H and O–H groups in total. The van der Waals surface area contributed by atoms with Crippen molar-refractivity contribution >= 4 is 11.7 Å². The molecule has 21 heavy (non-hydrogen) atoms. The molecule has 1 saturated carbocycles. The Morgan fingerprint density at radius 3 is 2.81 bits per heavy atom. The van der Waals surface area contributed by atoms with Crippen molar-refractivity contribution in [2.24, 2.45) is 17.6 Å². The SMILES string of the molecule is CCCCC1CCC(C(=O)Nc2ncccc2CN)CC1. The first-order valence-electron chi connectivity index (χ1n) is 8.19. The topological polar surface area (TPSA) is 68.0 Å². The number of nitrogens with two attached hydrogens (primary N) is 1. The Labute approximate surface area is 127 Å². The van der Waals surface area contributed by atoms with E-state index in [9.17, 15) is 4.79 Å². The van der Waals surface area contributed by atoms with Crippen LogP contribution in [-0.2, 0) is 11.3 Å². The molecular formula is C17H27N3O. The third-order valence-corrected chi connectivity index (χ3v) is 4.54. The molecule has 0 radical (unpaired) electrons. The van der Waals surface area contributed by atoms with Crippen molar-refractivity contribution in [1.29, 1.82) is 0 Å². The third kappa shape index (κ3) is 4.53. The Hall–Kier alpha value is -1.42. The summed E-state index contributed by atoms with van der Waals surface area (Å²) in [6.07, 6.45) is 9.97. The summed E-state index contributed by atoms with van der Waals surface area (Å²) in [5.41, 5.74) is 6.57. The molecule has 0 unspecified atom stereocenters. The second-order valence-corrected chi connectivity index (χ2v) is 6.06. The zero-order valence-electron chi connectivity index (χ0n) is 13.0. The second kappa shape index (κ2) is 8.13. The number of anilines is 1. The van der Waals surface area contributed by atoms with Crippen LogP contribution >= 0.6 is 0 Å². The number of nitrogens with one attached hydrogen (secondary N) is 1. The van der Waals surface area contributed by atoms with Gasteiger partial charge in [0, 0.05) is 24.2 Å². The fourth-order valence-corrected chi connectivity index (χ4v) is 3.14. The number of hydrogen-bond donors (Lipinski definition) is 2. The lowest BCUT2D eigenvalue weighted by molar-refractivity contribution is -0.121.